The van der Waals surface area contributed by atoms with Crippen molar-refractivity contribution in [3.05, 3.63) is 29.7 Å². The third-order valence-electron chi connectivity index (χ3n) is 6.38. The first-order valence-corrected chi connectivity index (χ1v) is 13.4. The molecule has 2 aromatic rings. The van der Waals surface area contributed by atoms with Crippen LogP contribution in [0.2, 0.25) is 18.1 Å². The van der Waals surface area contributed by atoms with Gasteiger partial charge in [-0.1, -0.05) is 20.8 Å². The van der Waals surface area contributed by atoms with Gasteiger partial charge >= 0.3 is 0 Å². The van der Waals surface area contributed by atoms with E-state index in [-0.39, 0.29) is 5.04 Å². The van der Waals surface area contributed by atoms with Crippen LogP contribution in [-0.4, -0.2) is 75.4 Å². The van der Waals surface area contributed by atoms with Gasteiger partial charge in [0.25, 0.3) is 0 Å². The van der Waals surface area contributed by atoms with Gasteiger partial charge in [-0.15, -0.1) is 0 Å². The highest BCUT2D eigenvalue weighted by molar-refractivity contribution is 6.74. The lowest BCUT2D eigenvalue weighted by Gasteiger charge is -2.39. The highest BCUT2D eigenvalue weighted by Gasteiger charge is 2.45. The molecule has 3 heterocycles. The summed E-state index contributed by atoms with van der Waals surface area (Å²) in [5.74, 6) is 0.341. The van der Waals surface area contributed by atoms with Crippen molar-refractivity contribution >= 4 is 14.0 Å². The number of ether oxygens (including phenoxy) is 2. The Hall–Kier alpha value is -1.53. The number of aliphatic hydroxyl groups is 4. The summed E-state index contributed by atoms with van der Waals surface area (Å²) in [7, 11) is -1.96. The summed E-state index contributed by atoms with van der Waals surface area (Å²) in [4.78, 5) is 4.61. The normalized spacial score (nSPS) is 27.6. The molecular formula is C21H34N2O7Si. The van der Waals surface area contributed by atoms with E-state index in [1.165, 1.54) is 0 Å². The Morgan fingerprint density at radius 1 is 1.16 bits per heavy atom. The van der Waals surface area contributed by atoms with Crippen LogP contribution in [0.25, 0.3) is 5.65 Å². The number of imidazole rings is 1. The lowest BCUT2D eigenvalue weighted by Crippen LogP contribution is -2.60. The standard InChI is InChI=1S/C21H34N2O7Si/c1-12-13(11-28-31(5,6)21(2,3)4)23-9-7-8-14(19(23)22-12)29-20-18(27)17(26)16(25)15(10-24)30-20/h7-9,15-18,20,24-27H,10-11H2,1-6H3/t15-,16-,17+,18-,20-/m1/s1. The number of aryl methyl sites for hydroxylation is 1. The molecule has 174 valence electrons. The van der Waals surface area contributed by atoms with Crippen molar-refractivity contribution in [3.8, 4) is 5.75 Å². The van der Waals surface area contributed by atoms with Crippen LogP contribution < -0.4 is 4.74 Å². The maximum absolute atomic E-state index is 10.3. The number of rotatable bonds is 6. The fourth-order valence-electron chi connectivity index (χ4n) is 3.23. The van der Waals surface area contributed by atoms with Gasteiger partial charge in [0.2, 0.25) is 6.29 Å². The van der Waals surface area contributed by atoms with Gasteiger partial charge in [0.1, 0.15) is 24.4 Å². The van der Waals surface area contributed by atoms with E-state index < -0.39 is 45.6 Å². The average molecular weight is 455 g/mol. The van der Waals surface area contributed by atoms with E-state index in [4.69, 9.17) is 13.9 Å². The lowest BCUT2D eigenvalue weighted by atomic mass is 9.99. The van der Waals surface area contributed by atoms with E-state index in [2.05, 4.69) is 38.8 Å². The second-order valence-electron chi connectivity index (χ2n) is 9.57. The van der Waals surface area contributed by atoms with Gasteiger partial charge in [-0.3, -0.25) is 4.40 Å². The number of nitrogens with zero attached hydrogens (tertiary/aromatic N) is 2. The molecule has 0 amide bonds. The summed E-state index contributed by atoms with van der Waals surface area (Å²) in [5.41, 5.74) is 2.22. The number of pyridine rings is 1. The van der Waals surface area contributed by atoms with Crippen LogP contribution in [-0.2, 0) is 15.8 Å². The van der Waals surface area contributed by atoms with E-state index in [1.807, 2.05) is 17.5 Å². The number of aliphatic hydroxyl groups excluding tert-OH is 4. The Balaban J connectivity index is 1.86. The molecule has 10 heteroatoms. The summed E-state index contributed by atoms with van der Waals surface area (Å²) in [6.07, 6.45) is -4.90. The summed E-state index contributed by atoms with van der Waals surface area (Å²) >= 11 is 0. The highest BCUT2D eigenvalue weighted by atomic mass is 28.4. The van der Waals surface area contributed by atoms with Gasteiger partial charge < -0.3 is 34.3 Å². The van der Waals surface area contributed by atoms with Crippen molar-refractivity contribution in [2.45, 2.75) is 83.1 Å². The lowest BCUT2D eigenvalue weighted by molar-refractivity contribution is -0.277. The first kappa shape index (κ1) is 24.1. The molecule has 1 aliphatic heterocycles. The number of hydrogen-bond donors (Lipinski definition) is 4. The smallest absolute Gasteiger partial charge is 0.229 e. The molecule has 0 radical (unpaired) electrons. The van der Waals surface area contributed by atoms with E-state index >= 15 is 0 Å². The predicted molar refractivity (Wildman–Crippen MR) is 116 cm³/mol. The van der Waals surface area contributed by atoms with Gasteiger partial charge in [0.15, 0.2) is 19.7 Å². The fourth-order valence-corrected chi connectivity index (χ4v) is 4.16. The molecule has 0 aromatic carbocycles. The Bertz CT molecular complexity index is 909. The van der Waals surface area contributed by atoms with Crippen LogP contribution in [0.15, 0.2) is 18.3 Å². The molecule has 2 aromatic heterocycles. The third kappa shape index (κ3) is 4.65. The van der Waals surface area contributed by atoms with Crippen LogP contribution in [0.5, 0.6) is 5.75 Å². The van der Waals surface area contributed by atoms with Crippen LogP contribution in [0, 0.1) is 6.92 Å². The Kier molecular flexibility index (Phi) is 6.83. The molecule has 5 atom stereocenters. The van der Waals surface area contributed by atoms with Gasteiger partial charge in [-0.05, 0) is 37.2 Å². The highest BCUT2D eigenvalue weighted by Crippen LogP contribution is 2.37. The number of aromatic nitrogens is 2. The van der Waals surface area contributed by atoms with Crippen LogP contribution in [0.1, 0.15) is 32.2 Å². The maximum Gasteiger partial charge on any atom is 0.229 e. The molecular weight excluding hydrogens is 420 g/mol. The second-order valence-corrected chi connectivity index (χ2v) is 14.4. The zero-order valence-corrected chi connectivity index (χ0v) is 19.9. The van der Waals surface area contributed by atoms with E-state index in [0.29, 0.717) is 18.0 Å². The largest absolute Gasteiger partial charge is 0.458 e. The summed E-state index contributed by atoms with van der Waals surface area (Å²) in [6, 6.07) is 3.46. The SMILES string of the molecule is Cc1nc2c(O[C@@H]3O[C@H](CO)[C@@H](O)[C@H](O)[C@H]3O)cccn2c1CO[Si](C)(C)C(C)(C)C. The van der Waals surface area contributed by atoms with Crippen molar-refractivity contribution in [2.75, 3.05) is 6.61 Å². The van der Waals surface area contributed by atoms with E-state index in [1.54, 1.807) is 12.1 Å². The van der Waals surface area contributed by atoms with Crippen molar-refractivity contribution in [2.24, 2.45) is 0 Å². The molecule has 0 unspecified atom stereocenters. The second kappa shape index (κ2) is 8.78. The topological polar surface area (TPSA) is 126 Å². The van der Waals surface area contributed by atoms with Crippen LogP contribution >= 0.6 is 0 Å². The van der Waals surface area contributed by atoms with Gasteiger partial charge in [0.05, 0.1) is 24.6 Å². The first-order valence-electron chi connectivity index (χ1n) is 10.4. The predicted octanol–water partition coefficient (Wildman–Crippen LogP) is 1.34. The molecule has 31 heavy (non-hydrogen) atoms. The zero-order valence-electron chi connectivity index (χ0n) is 18.9. The Morgan fingerprint density at radius 2 is 1.84 bits per heavy atom. The molecule has 0 spiro atoms. The van der Waals surface area contributed by atoms with Gasteiger partial charge in [0, 0.05) is 6.20 Å². The van der Waals surface area contributed by atoms with E-state index in [0.717, 1.165) is 11.4 Å². The molecule has 1 aliphatic rings. The Labute approximate surface area is 183 Å². The average Bonchev–Trinajstić information content (AvgIpc) is 3.02. The Morgan fingerprint density at radius 3 is 2.45 bits per heavy atom. The molecule has 4 N–H and O–H groups in total. The van der Waals surface area contributed by atoms with Crippen LogP contribution in [0.3, 0.4) is 0 Å². The van der Waals surface area contributed by atoms with Crippen molar-refractivity contribution < 1.29 is 34.3 Å². The summed E-state index contributed by atoms with van der Waals surface area (Å²) in [5, 5.41) is 39.7. The minimum atomic E-state index is -1.96. The summed E-state index contributed by atoms with van der Waals surface area (Å²) in [6.45, 7) is 12.7. The summed E-state index contributed by atoms with van der Waals surface area (Å²) < 4.78 is 19.5. The zero-order chi connectivity index (χ0) is 23.1. The fraction of sp³-hybridized carbons (Fsp3) is 0.667. The van der Waals surface area contributed by atoms with Gasteiger partial charge in [-0.25, -0.2) is 4.98 Å². The first-order chi connectivity index (χ1) is 14.4. The molecule has 0 aliphatic carbocycles. The van der Waals surface area contributed by atoms with Crippen molar-refractivity contribution in [1.29, 1.82) is 0 Å². The van der Waals surface area contributed by atoms with Gasteiger partial charge in [-0.2, -0.15) is 0 Å². The number of fused-ring (bicyclic) bond motifs is 1. The van der Waals surface area contributed by atoms with Crippen LogP contribution in [0.4, 0.5) is 0 Å². The maximum atomic E-state index is 10.3. The van der Waals surface area contributed by atoms with Crippen molar-refractivity contribution in [3.63, 3.8) is 0 Å². The minimum absolute atomic E-state index is 0.0821. The third-order valence-corrected chi connectivity index (χ3v) is 10.9. The number of hydrogen-bond acceptors (Lipinski definition) is 8. The quantitative estimate of drug-likeness (QED) is 0.482. The van der Waals surface area contributed by atoms with Crippen molar-refractivity contribution in [1.82, 2.24) is 9.38 Å². The molecule has 9 nitrogen and oxygen atoms in total. The van der Waals surface area contributed by atoms with E-state index in [9.17, 15) is 20.4 Å². The molecule has 0 saturated carbocycles. The molecule has 1 fully saturated rings. The minimum Gasteiger partial charge on any atom is -0.458 e. The molecule has 3 rings (SSSR count). The molecule has 1 saturated heterocycles. The monoisotopic (exact) mass is 454 g/mol. The molecule has 0 bridgehead atoms.